The van der Waals surface area contributed by atoms with Gasteiger partial charge in [-0.3, -0.25) is 9.63 Å². The second-order valence-corrected chi connectivity index (χ2v) is 3.36. The second-order valence-electron chi connectivity index (χ2n) is 3.36. The highest BCUT2D eigenvalue weighted by Gasteiger charge is 2.19. The van der Waals surface area contributed by atoms with E-state index in [2.05, 4.69) is 0 Å². The van der Waals surface area contributed by atoms with Gasteiger partial charge in [0.1, 0.15) is 0 Å². The zero-order valence-corrected chi connectivity index (χ0v) is 8.28. The quantitative estimate of drug-likeness (QED) is 0.614. The molecule has 0 aliphatic carbocycles. The van der Waals surface area contributed by atoms with Crippen LogP contribution in [0.15, 0.2) is 0 Å². The molecule has 76 valence electrons. The van der Waals surface area contributed by atoms with Crippen LogP contribution in [0, 0.1) is 5.92 Å². The standard InChI is InChI=1S/C9H17NO3/c1-10(12-2)9(11)6-8-4-3-5-13-7-8/h8H,3-7H2,1-2H3. The Bertz CT molecular complexity index is 166. The fraction of sp³-hybridized carbons (Fsp3) is 0.889. The summed E-state index contributed by atoms with van der Waals surface area (Å²) in [6, 6.07) is 0. The SMILES string of the molecule is CON(C)C(=O)CC1CCCOC1. The molecule has 1 atom stereocenters. The number of hydroxylamine groups is 2. The van der Waals surface area contributed by atoms with E-state index in [4.69, 9.17) is 9.57 Å². The first-order valence-electron chi connectivity index (χ1n) is 4.62. The molecule has 0 saturated carbocycles. The van der Waals surface area contributed by atoms with Crippen molar-refractivity contribution in [1.29, 1.82) is 0 Å². The molecule has 0 radical (unpaired) electrons. The van der Waals surface area contributed by atoms with Gasteiger partial charge in [0, 0.05) is 26.7 Å². The van der Waals surface area contributed by atoms with Gasteiger partial charge in [-0.25, -0.2) is 5.06 Å². The number of carbonyl (C=O) groups is 1. The molecule has 4 nitrogen and oxygen atoms in total. The van der Waals surface area contributed by atoms with Gasteiger partial charge < -0.3 is 4.74 Å². The maximum atomic E-state index is 11.4. The smallest absolute Gasteiger partial charge is 0.246 e. The van der Waals surface area contributed by atoms with Crippen molar-refractivity contribution >= 4 is 5.91 Å². The van der Waals surface area contributed by atoms with Crippen molar-refractivity contribution in [3.8, 4) is 0 Å². The molecule has 1 aliphatic rings. The summed E-state index contributed by atoms with van der Waals surface area (Å²) < 4.78 is 5.28. The molecular weight excluding hydrogens is 170 g/mol. The van der Waals surface area contributed by atoms with Crippen LogP contribution in [-0.4, -0.2) is 38.3 Å². The van der Waals surface area contributed by atoms with Gasteiger partial charge in [-0.05, 0) is 18.8 Å². The maximum Gasteiger partial charge on any atom is 0.246 e. The molecule has 0 N–H and O–H groups in total. The first-order chi connectivity index (χ1) is 6.24. The van der Waals surface area contributed by atoms with Gasteiger partial charge >= 0.3 is 0 Å². The molecule has 0 aromatic carbocycles. The van der Waals surface area contributed by atoms with Gasteiger partial charge in [-0.2, -0.15) is 0 Å². The lowest BCUT2D eigenvalue weighted by Crippen LogP contribution is -2.29. The normalized spacial score (nSPS) is 22.8. The van der Waals surface area contributed by atoms with E-state index in [1.807, 2.05) is 0 Å². The molecule has 0 spiro atoms. The van der Waals surface area contributed by atoms with E-state index in [-0.39, 0.29) is 5.91 Å². The highest BCUT2D eigenvalue weighted by Crippen LogP contribution is 2.17. The monoisotopic (exact) mass is 187 g/mol. The van der Waals surface area contributed by atoms with Crippen molar-refractivity contribution in [1.82, 2.24) is 5.06 Å². The number of amides is 1. The Morgan fingerprint density at radius 3 is 3.00 bits per heavy atom. The largest absolute Gasteiger partial charge is 0.381 e. The first-order valence-corrected chi connectivity index (χ1v) is 4.62. The molecule has 1 rings (SSSR count). The Morgan fingerprint density at radius 1 is 1.69 bits per heavy atom. The zero-order valence-electron chi connectivity index (χ0n) is 8.28. The second kappa shape index (κ2) is 5.19. The summed E-state index contributed by atoms with van der Waals surface area (Å²) in [5.41, 5.74) is 0. The summed E-state index contributed by atoms with van der Waals surface area (Å²) in [6.45, 7) is 1.55. The molecule has 4 heteroatoms. The average Bonchev–Trinajstić information content (AvgIpc) is 2.18. The summed E-state index contributed by atoms with van der Waals surface area (Å²) in [4.78, 5) is 16.2. The number of carbonyl (C=O) groups excluding carboxylic acids is 1. The van der Waals surface area contributed by atoms with Crippen molar-refractivity contribution in [2.75, 3.05) is 27.4 Å². The molecule has 1 unspecified atom stereocenters. The van der Waals surface area contributed by atoms with Crippen LogP contribution in [-0.2, 0) is 14.4 Å². The summed E-state index contributed by atoms with van der Waals surface area (Å²) in [7, 11) is 3.13. The van der Waals surface area contributed by atoms with Gasteiger partial charge in [0.15, 0.2) is 0 Å². The minimum atomic E-state index is 0.0259. The fourth-order valence-corrected chi connectivity index (χ4v) is 1.45. The van der Waals surface area contributed by atoms with Gasteiger partial charge in [-0.1, -0.05) is 0 Å². The highest BCUT2D eigenvalue weighted by molar-refractivity contribution is 5.75. The van der Waals surface area contributed by atoms with Crippen LogP contribution < -0.4 is 0 Å². The van der Waals surface area contributed by atoms with E-state index in [1.54, 1.807) is 7.05 Å². The molecule has 1 amide bonds. The van der Waals surface area contributed by atoms with Gasteiger partial charge in [0.05, 0.1) is 7.11 Å². The predicted octanol–water partition coefficient (Wildman–Crippen LogP) is 0.823. The van der Waals surface area contributed by atoms with Crippen LogP contribution in [0.5, 0.6) is 0 Å². The molecule has 13 heavy (non-hydrogen) atoms. The maximum absolute atomic E-state index is 11.4. The van der Waals surface area contributed by atoms with Crippen molar-refractivity contribution in [3.63, 3.8) is 0 Å². The van der Waals surface area contributed by atoms with Gasteiger partial charge in [0.25, 0.3) is 0 Å². The number of ether oxygens (including phenoxy) is 1. The Morgan fingerprint density at radius 2 is 2.46 bits per heavy atom. The number of hydrogen-bond acceptors (Lipinski definition) is 3. The molecule has 1 heterocycles. The van der Waals surface area contributed by atoms with Crippen LogP contribution in [0.3, 0.4) is 0 Å². The van der Waals surface area contributed by atoms with E-state index >= 15 is 0 Å². The molecule has 0 aromatic rings. The number of hydrogen-bond donors (Lipinski definition) is 0. The van der Waals surface area contributed by atoms with Crippen molar-refractivity contribution in [3.05, 3.63) is 0 Å². The number of rotatable bonds is 3. The molecule has 1 aliphatic heterocycles. The van der Waals surface area contributed by atoms with Crippen LogP contribution in [0.4, 0.5) is 0 Å². The summed E-state index contributed by atoms with van der Waals surface area (Å²) in [6.07, 6.45) is 2.68. The zero-order chi connectivity index (χ0) is 9.68. The Hall–Kier alpha value is -0.610. The Balaban J connectivity index is 2.26. The molecule has 0 bridgehead atoms. The van der Waals surface area contributed by atoms with Crippen LogP contribution >= 0.6 is 0 Å². The fourth-order valence-electron chi connectivity index (χ4n) is 1.45. The summed E-state index contributed by atoms with van der Waals surface area (Å²) in [5, 5.41) is 1.27. The van der Waals surface area contributed by atoms with E-state index in [9.17, 15) is 4.79 Å². The van der Waals surface area contributed by atoms with Crippen LogP contribution in [0.1, 0.15) is 19.3 Å². The highest BCUT2D eigenvalue weighted by atomic mass is 16.7. The van der Waals surface area contributed by atoms with E-state index in [0.29, 0.717) is 18.9 Å². The Labute approximate surface area is 78.8 Å². The minimum Gasteiger partial charge on any atom is -0.381 e. The third-order valence-corrected chi connectivity index (χ3v) is 2.34. The topological polar surface area (TPSA) is 38.8 Å². The molecule has 0 aromatic heterocycles. The lowest BCUT2D eigenvalue weighted by atomic mass is 9.98. The average molecular weight is 187 g/mol. The summed E-state index contributed by atoms with van der Waals surface area (Å²) in [5.74, 6) is 0.400. The van der Waals surface area contributed by atoms with Crippen LogP contribution in [0.25, 0.3) is 0 Å². The van der Waals surface area contributed by atoms with Crippen LogP contribution in [0.2, 0.25) is 0 Å². The van der Waals surface area contributed by atoms with E-state index < -0.39 is 0 Å². The molecular formula is C9H17NO3. The van der Waals surface area contributed by atoms with Crippen molar-refractivity contribution < 1.29 is 14.4 Å². The molecule has 1 fully saturated rings. The predicted molar refractivity (Wildman–Crippen MR) is 47.9 cm³/mol. The lowest BCUT2D eigenvalue weighted by molar-refractivity contribution is -0.170. The van der Waals surface area contributed by atoms with E-state index in [0.717, 1.165) is 19.4 Å². The third kappa shape index (κ3) is 3.32. The third-order valence-electron chi connectivity index (χ3n) is 2.34. The van der Waals surface area contributed by atoms with Gasteiger partial charge in [-0.15, -0.1) is 0 Å². The summed E-state index contributed by atoms with van der Waals surface area (Å²) >= 11 is 0. The molecule has 1 saturated heterocycles. The minimum absolute atomic E-state index is 0.0259. The Kier molecular flexibility index (Phi) is 4.18. The van der Waals surface area contributed by atoms with Crippen molar-refractivity contribution in [2.24, 2.45) is 5.92 Å². The lowest BCUT2D eigenvalue weighted by Gasteiger charge is -2.23. The number of nitrogens with zero attached hydrogens (tertiary/aromatic N) is 1. The van der Waals surface area contributed by atoms with E-state index in [1.165, 1.54) is 12.2 Å². The first kappa shape index (κ1) is 10.5. The van der Waals surface area contributed by atoms with Gasteiger partial charge in [0.2, 0.25) is 5.91 Å². The van der Waals surface area contributed by atoms with Crippen molar-refractivity contribution in [2.45, 2.75) is 19.3 Å².